The van der Waals surface area contributed by atoms with Gasteiger partial charge in [-0.25, -0.2) is 4.98 Å². The highest BCUT2D eigenvalue weighted by atomic mass is 16.2. The molecule has 1 aromatic heterocycles. The molecule has 0 spiro atoms. The van der Waals surface area contributed by atoms with Gasteiger partial charge >= 0.3 is 0 Å². The van der Waals surface area contributed by atoms with Crippen molar-refractivity contribution in [2.45, 2.75) is 51.1 Å². The van der Waals surface area contributed by atoms with Gasteiger partial charge in [0.1, 0.15) is 11.4 Å². The van der Waals surface area contributed by atoms with Crippen molar-refractivity contribution in [1.29, 1.82) is 0 Å². The van der Waals surface area contributed by atoms with E-state index in [1.165, 1.54) is 6.20 Å². The number of carbonyl (C=O) groups is 1. The van der Waals surface area contributed by atoms with Crippen molar-refractivity contribution < 1.29 is 4.79 Å². The summed E-state index contributed by atoms with van der Waals surface area (Å²) in [6.07, 6.45) is 3.88. The van der Waals surface area contributed by atoms with Crippen LogP contribution in [0, 0.1) is 0 Å². The molecule has 1 fully saturated rings. The second kappa shape index (κ2) is 5.52. The van der Waals surface area contributed by atoms with Crippen LogP contribution in [0.4, 0.5) is 0 Å². The molecule has 2 atom stereocenters. The van der Waals surface area contributed by atoms with Crippen LogP contribution in [0.2, 0.25) is 0 Å². The van der Waals surface area contributed by atoms with Crippen LogP contribution in [0.25, 0.3) is 0 Å². The van der Waals surface area contributed by atoms with Crippen molar-refractivity contribution in [3.8, 4) is 0 Å². The van der Waals surface area contributed by atoms with Crippen LogP contribution in [0.15, 0.2) is 11.0 Å². The number of nitrogens with one attached hydrogen (secondary N) is 2. The first-order chi connectivity index (χ1) is 8.97. The van der Waals surface area contributed by atoms with E-state index in [1.807, 2.05) is 13.8 Å². The Kier molecular flexibility index (Phi) is 3.99. The molecule has 0 bridgehead atoms. The summed E-state index contributed by atoms with van der Waals surface area (Å²) in [5, 5.41) is 2.84. The molecule has 1 aliphatic rings. The predicted molar refractivity (Wildman–Crippen MR) is 72.0 cm³/mol. The molecule has 2 rings (SSSR count). The summed E-state index contributed by atoms with van der Waals surface area (Å²) >= 11 is 0. The number of aromatic amines is 1. The quantitative estimate of drug-likeness (QED) is 0.740. The largest absolute Gasteiger partial charge is 0.349 e. The summed E-state index contributed by atoms with van der Waals surface area (Å²) in [7, 11) is 0. The molecule has 1 saturated carbocycles. The van der Waals surface area contributed by atoms with Crippen LogP contribution in [-0.4, -0.2) is 28.0 Å². The molecule has 1 aromatic rings. The van der Waals surface area contributed by atoms with Gasteiger partial charge in [-0.3, -0.25) is 9.59 Å². The number of amides is 1. The van der Waals surface area contributed by atoms with Crippen LogP contribution in [0.1, 0.15) is 55.2 Å². The highest BCUT2D eigenvalue weighted by Gasteiger charge is 2.24. The van der Waals surface area contributed by atoms with Gasteiger partial charge in [0.15, 0.2) is 0 Å². The maximum absolute atomic E-state index is 12.0. The number of hydrogen-bond acceptors (Lipinski definition) is 4. The van der Waals surface area contributed by atoms with Crippen LogP contribution >= 0.6 is 0 Å². The van der Waals surface area contributed by atoms with Crippen molar-refractivity contribution in [3.05, 3.63) is 27.9 Å². The Morgan fingerprint density at radius 1 is 1.53 bits per heavy atom. The van der Waals surface area contributed by atoms with Gasteiger partial charge in [-0.1, -0.05) is 13.8 Å². The summed E-state index contributed by atoms with van der Waals surface area (Å²) in [6.45, 7) is 3.86. The zero-order valence-corrected chi connectivity index (χ0v) is 11.3. The van der Waals surface area contributed by atoms with Crippen molar-refractivity contribution in [3.63, 3.8) is 0 Å². The molecule has 1 heterocycles. The van der Waals surface area contributed by atoms with Gasteiger partial charge < -0.3 is 16.0 Å². The third kappa shape index (κ3) is 3.20. The first-order valence-corrected chi connectivity index (χ1v) is 6.63. The number of aromatic nitrogens is 2. The zero-order chi connectivity index (χ0) is 14.0. The van der Waals surface area contributed by atoms with Crippen molar-refractivity contribution in [2.75, 3.05) is 0 Å². The molecule has 104 valence electrons. The Morgan fingerprint density at radius 2 is 2.26 bits per heavy atom. The molecule has 6 nitrogen and oxygen atoms in total. The number of carbonyl (C=O) groups excluding carboxylic acids is 1. The molecule has 0 radical (unpaired) electrons. The minimum absolute atomic E-state index is 0.0601. The standard InChI is InChI=1S/C13H20N4O2/c1-7(2)11-15-6-10(13(19)17-11)12(18)16-9-4-3-8(14)5-9/h6-9H,3-5,14H2,1-2H3,(H,16,18)(H,15,17,19)/t8-,9-/m0/s1. The summed E-state index contributed by atoms with van der Waals surface area (Å²) in [5.41, 5.74) is 5.46. The number of H-pyrrole nitrogens is 1. The van der Waals surface area contributed by atoms with E-state index in [0.717, 1.165) is 19.3 Å². The number of hydrogen-bond donors (Lipinski definition) is 3. The van der Waals surface area contributed by atoms with E-state index in [0.29, 0.717) is 5.82 Å². The van der Waals surface area contributed by atoms with E-state index in [-0.39, 0.29) is 29.5 Å². The molecular weight excluding hydrogens is 244 g/mol. The Hall–Kier alpha value is -1.69. The summed E-state index contributed by atoms with van der Waals surface area (Å²) < 4.78 is 0. The average molecular weight is 264 g/mol. The molecule has 19 heavy (non-hydrogen) atoms. The van der Waals surface area contributed by atoms with Gasteiger partial charge in [0.05, 0.1) is 0 Å². The Labute approximate surface area is 111 Å². The molecule has 1 aliphatic carbocycles. The van der Waals surface area contributed by atoms with Gasteiger partial charge in [0.2, 0.25) is 0 Å². The Balaban J connectivity index is 2.09. The molecule has 0 aromatic carbocycles. The lowest BCUT2D eigenvalue weighted by Crippen LogP contribution is -2.37. The Bertz CT molecular complexity index is 524. The third-order valence-corrected chi connectivity index (χ3v) is 3.42. The van der Waals surface area contributed by atoms with Crippen LogP contribution < -0.4 is 16.6 Å². The highest BCUT2D eigenvalue weighted by molar-refractivity contribution is 5.93. The van der Waals surface area contributed by atoms with E-state index < -0.39 is 5.56 Å². The van der Waals surface area contributed by atoms with Crippen LogP contribution in [0.5, 0.6) is 0 Å². The molecular formula is C13H20N4O2. The second-order valence-electron chi connectivity index (χ2n) is 5.41. The number of rotatable bonds is 3. The van der Waals surface area contributed by atoms with E-state index in [9.17, 15) is 9.59 Å². The SMILES string of the molecule is CC(C)c1ncc(C(=O)N[C@H]2CC[C@H](N)C2)c(=O)[nH]1. The third-order valence-electron chi connectivity index (χ3n) is 3.42. The van der Waals surface area contributed by atoms with Gasteiger partial charge in [-0.2, -0.15) is 0 Å². The smallest absolute Gasteiger partial charge is 0.263 e. The lowest BCUT2D eigenvalue weighted by atomic mass is 10.2. The molecule has 6 heteroatoms. The number of nitrogens with two attached hydrogens (primary N) is 1. The fourth-order valence-corrected chi connectivity index (χ4v) is 2.27. The molecule has 1 amide bonds. The van der Waals surface area contributed by atoms with Crippen LogP contribution in [0.3, 0.4) is 0 Å². The first kappa shape index (κ1) is 13.7. The Morgan fingerprint density at radius 3 is 2.79 bits per heavy atom. The van der Waals surface area contributed by atoms with Crippen molar-refractivity contribution >= 4 is 5.91 Å². The van der Waals surface area contributed by atoms with Gasteiger partial charge in [-0.05, 0) is 19.3 Å². The normalized spacial score (nSPS) is 22.7. The van der Waals surface area contributed by atoms with Gasteiger partial charge in [0.25, 0.3) is 11.5 Å². The maximum Gasteiger partial charge on any atom is 0.263 e. The summed E-state index contributed by atoms with van der Waals surface area (Å²) in [4.78, 5) is 30.6. The fraction of sp³-hybridized carbons (Fsp3) is 0.615. The first-order valence-electron chi connectivity index (χ1n) is 6.63. The molecule has 4 N–H and O–H groups in total. The minimum Gasteiger partial charge on any atom is -0.349 e. The molecule has 0 saturated heterocycles. The van der Waals surface area contributed by atoms with Crippen molar-refractivity contribution in [1.82, 2.24) is 15.3 Å². The van der Waals surface area contributed by atoms with E-state index in [1.54, 1.807) is 0 Å². The van der Waals surface area contributed by atoms with Gasteiger partial charge in [-0.15, -0.1) is 0 Å². The van der Waals surface area contributed by atoms with Crippen molar-refractivity contribution in [2.24, 2.45) is 5.73 Å². The average Bonchev–Trinajstić information content (AvgIpc) is 2.74. The second-order valence-corrected chi connectivity index (χ2v) is 5.41. The minimum atomic E-state index is -0.390. The lowest BCUT2D eigenvalue weighted by molar-refractivity contribution is 0.0935. The molecule has 0 aliphatic heterocycles. The highest BCUT2D eigenvalue weighted by Crippen LogP contribution is 2.17. The van der Waals surface area contributed by atoms with E-state index >= 15 is 0 Å². The monoisotopic (exact) mass is 264 g/mol. The summed E-state index contributed by atoms with van der Waals surface area (Å²) in [6, 6.07) is 0.205. The summed E-state index contributed by atoms with van der Waals surface area (Å²) in [5.74, 6) is 0.338. The maximum atomic E-state index is 12.0. The number of nitrogens with zero attached hydrogens (tertiary/aromatic N) is 1. The fourth-order valence-electron chi connectivity index (χ4n) is 2.27. The van der Waals surface area contributed by atoms with Crippen LogP contribution in [-0.2, 0) is 0 Å². The van der Waals surface area contributed by atoms with E-state index in [4.69, 9.17) is 5.73 Å². The molecule has 0 unspecified atom stereocenters. The van der Waals surface area contributed by atoms with E-state index in [2.05, 4.69) is 15.3 Å². The predicted octanol–water partition coefficient (Wildman–Crippen LogP) is 0.503. The lowest BCUT2D eigenvalue weighted by Gasteiger charge is -2.12. The zero-order valence-electron chi connectivity index (χ0n) is 11.3. The topological polar surface area (TPSA) is 101 Å². The van der Waals surface area contributed by atoms with Gasteiger partial charge in [0, 0.05) is 24.2 Å².